The van der Waals surface area contributed by atoms with Crippen LogP contribution in [0, 0.1) is 0 Å². The second kappa shape index (κ2) is 9.18. The van der Waals surface area contributed by atoms with E-state index in [9.17, 15) is 9.59 Å². The van der Waals surface area contributed by atoms with Gasteiger partial charge in [0.15, 0.2) is 0 Å². The van der Waals surface area contributed by atoms with E-state index in [1.54, 1.807) is 0 Å². The number of aliphatic carboxylic acids is 1. The average Bonchev–Trinajstić information content (AvgIpc) is 2.93. The third-order valence-corrected chi connectivity index (χ3v) is 4.21. The number of carboxylic acid groups (broad SMARTS) is 1. The number of benzene rings is 1. The Morgan fingerprint density at radius 2 is 1.83 bits per heavy atom. The van der Waals surface area contributed by atoms with Crippen LogP contribution in [0.25, 0.3) is 0 Å². The Labute approximate surface area is 137 Å². The summed E-state index contributed by atoms with van der Waals surface area (Å²) in [4.78, 5) is 24.5. The zero-order chi connectivity index (χ0) is 16.5. The maximum Gasteiger partial charge on any atom is 0.303 e. The lowest BCUT2D eigenvalue weighted by molar-refractivity contribution is -0.137. The largest absolute Gasteiger partial charge is 0.481 e. The summed E-state index contributed by atoms with van der Waals surface area (Å²) in [6.07, 6.45) is 5.99. The molecule has 0 fully saturated rings. The first-order chi connectivity index (χ1) is 11.2. The minimum absolute atomic E-state index is 0.0765. The standard InChI is InChI=1S/C18H26N2O3/c21-17(19-12-7-3-1-2-4-10-18(22)23)14-20-13-11-15-8-5-6-9-16(15)20/h5-6,8-9H,1-4,7,10-14H2,(H,19,21)(H,22,23). The van der Waals surface area contributed by atoms with Crippen LogP contribution in [0.4, 0.5) is 5.69 Å². The predicted molar refractivity (Wildman–Crippen MR) is 90.7 cm³/mol. The van der Waals surface area contributed by atoms with Gasteiger partial charge in [0, 0.05) is 25.2 Å². The zero-order valence-corrected chi connectivity index (χ0v) is 13.6. The van der Waals surface area contributed by atoms with Crippen molar-refractivity contribution >= 4 is 17.6 Å². The number of nitrogens with zero attached hydrogens (tertiary/aromatic N) is 1. The number of hydrogen-bond donors (Lipinski definition) is 2. The highest BCUT2D eigenvalue weighted by molar-refractivity contribution is 5.82. The van der Waals surface area contributed by atoms with Gasteiger partial charge < -0.3 is 15.3 Å². The first-order valence-corrected chi connectivity index (χ1v) is 8.48. The molecule has 0 atom stereocenters. The molecule has 0 aliphatic carbocycles. The van der Waals surface area contributed by atoms with E-state index in [1.165, 1.54) is 11.3 Å². The molecule has 0 radical (unpaired) electrons. The van der Waals surface area contributed by atoms with Crippen LogP contribution < -0.4 is 10.2 Å². The number of anilines is 1. The van der Waals surface area contributed by atoms with E-state index in [0.717, 1.165) is 45.1 Å². The minimum Gasteiger partial charge on any atom is -0.481 e. The summed E-state index contributed by atoms with van der Waals surface area (Å²) in [5.74, 6) is -0.645. The van der Waals surface area contributed by atoms with E-state index in [4.69, 9.17) is 5.11 Å². The van der Waals surface area contributed by atoms with E-state index in [2.05, 4.69) is 22.3 Å². The summed E-state index contributed by atoms with van der Waals surface area (Å²) < 4.78 is 0. The van der Waals surface area contributed by atoms with Crippen molar-refractivity contribution in [1.29, 1.82) is 0 Å². The number of hydrogen-bond acceptors (Lipinski definition) is 3. The van der Waals surface area contributed by atoms with Crippen LogP contribution in [0.5, 0.6) is 0 Å². The van der Waals surface area contributed by atoms with E-state index in [-0.39, 0.29) is 12.3 Å². The van der Waals surface area contributed by atoms with Crippen LogP contribution in [0.1, 0.15) is 44.1 Å². The lowest BCUT2D eigenvalue weighted by Gasteiger charge is -2.18. The molecule has 1 aromatic rings. The maximum atomic E-state index is 12.0. The number of amides is 1. The Balaban J connectivity index is 1.54. The minimum atomic E-state index is -0.722. The fourth-order valence-corrected chi connectivity index (χ4v) is 2.96. The summed E-state index contributed by atoms with van der Waals surface area (Å²) in [7, 11) is 0. The van der Waals surface area contributed by atoms with Crippen molar-refractivity contribution in [3.05, 3.63) is 29.8 Å². The van der Waals surface area contributed by atoms with Crippen molar-refractivity contribution in [3.63, 3.8) is 0 Å². The Morgan fingerprint density at radius 1 is 1.09 bits per heavy atom. The topological polar surface area (TPSA) is 69.6 Å². The summed E-state index contributed by atoms with van der Waals surface area (Å²) in [5.41, 5.74) is 2.50. The molecule has 5 nitrogen and oxygen atoms in total. The maximum absolute atomic E-state index is 12.0. The number of rotatable bonds is 10. The first kappa shape index (κ1) is 17.3. The van der Waals surface area contributed by atoms with Crippen molar-refractivity contribution in [2.45, 2.75) is 44.9 Å². The van der Waals surface area contributed by atoms with Crippen molar-refractivity contribution < 1.29 is 14.7 Å². The summed E-state index contributed by atoms with van der Waals surface area (Å²) in [5, 5.41) is 11.5. The molecule has 5 heteroatoms. The van der Waals surface area contributed by atoms with Gasteiger partial charge in [0.1, 0.15) is 0 Å². The molecule has 1 aliphatic rings. The second-order valence-corrected chi connectivity index (χ2v) is 6.06. The van der Waals surface area contributed by atoms with Crippen LogP contribution in [-0.2, 0) is 16.0 Å². The first-order valence-electron chi connectivity index (χ1n) is 8.48. The number of carbonyl (C=O) groups excluding carboxylic acids is 1. The van der Waals surface area contributed by atoms with Crippen LogP contribution in [0.15, 0.2) is 24.3 Å². The van der Waals surface area contributed by atoms with Crippen molar-refractivity contribution in [1.82, 2.24) is 5.32 Å². The molecule has 0 spiro atoms. The van der Waals surface area contributed by atoms with Gasteiger partial charge in [-0.1, -0.05) is 37.5 Å². The Bertz CT molecular complexity index is 531. The van der Waals surface area contributed by atoms with Gasteiger partial charge in [0.25, 0.3) is 0 Å². The van der Waals surface area contributed by atoms with Crippen LogP contribution >= 0.6 is 0 Å². The fraction of sp³-hybridized carbons (Fsp3) is 0.556. The SMILES string of the molecule is O=C(O)CCCCCCCNC(=O)CN1CCc2ccccc21. The normalized spacial score (nSPS) is 13.0. The zero-order valence-electron chi connectivity index (χ0n) is 13.6. The third-order valence-electron chi connectivity index (χ3n) is 4.21. The highest BCUT2D eigenvalue weighted by atomic mass is 16.4. The summed E-state index contributed by atoms with van der Waals surface area (Å²) >= 11 is 0. The number of nitrogens with one attached hydrogen (secondary N) is 1. The second-order valence-electron chi connectivity index (χ2n) is 6.06. The van der Waals surface area contributed by atoms with Crippen molar-refractivity contribution in [3.8, 4) is 0 Å². The van der Waals surface area contributed by atoms with E-state index >= 15 is 0 Å². The third kappa shape index (κ3) is 5.93. The predicted octanol–water partition coefficient (Wildman–Crippen LogP) is 2.59. The fourth-order valence-electron chi connectivity index (χ4n) is 2.96. The van der Waals surface area contributed by atoms with E-state index in [1.807, 2.05) is 12.1 Å². The molecule has 0 saturated heterocycles. The highest BCUT2D eigenvalue weighted by Gasteiger charge is 2.19. The number of carbonyl (C=O) groups is 2. The van der Waals surface area contributed by atoms with E-state index < -0.39 is 5.97 Å². The molecule has 0 saturated carbocycles. The molecule has 1 amide bonds. The van der Waals surface area contributed by atoms with Gasteiger partial charge in [-0.3, -0.25) is 9.59 Å². The van der Waals surface area contributed by atoms with E-state index in [0.29, 0.717) is 13.1 Å². The molecule has 0 unspecified atom stereocenters. The summed E-state index contributed by atoms with van der Waals surface area (Å²) in [6, 6.07) is 8.25. The molecule has 126 valence electrons. The van der Waals surface area contributed by atoms with Crippen LogP contribution in [0.2, 0.25) is 0 Å². The van der Waals surface area contributed by atoms with Crippen LogP contribution in [-0.4, -0.2) is 36.6 Å². The molecule has 2 N–H and O–H groups in total. The number of unbranched alkanes of at least 4 members (excludes halogenated alkanes) is 4. The van der Waals surface area contributed by atoms with Gasteiger partial charge >= 0.3 is 5.97 Å². The summed E-state index contributed by atoms with van der Waals surface area (Å²) in [6.45, 7) is 2.04. The monoisotopic (exact) mass is 318 g/mol. The lowest BCUT2D eigenvalue weighted by atomic mass is 10.1. The molecule has 23 heavy (non-hydrogen) atoms. The van der Waals surface area contributed by atoms with Gasteiger partial charge in [-0.25, -0.2) is 0 Å². The molecular weight excluding hydrogens is 292 g/mol. The van der Waals surface area contributed by atoms with Gasteiger partial charge in [-0.2, -0.15) is 0 Å². The van der Waals surface area contributed by atoms with Gasteiger partial charge in [0.05, 0.1) is 6.54 Å². The smallest absolute Gasteiger partial charge is 0.303 e. The van der Waals surface area contributed by atoms with Crippen molar-refractivity contribution in [2.75, 3.05) is 24.5 Å². The van der Waals surface area contributed by atoms with Crippen molar-refractivity contribution in [2.24, 2.45) is 0 Å². The van der Waals surface area contributed by atoms with Gasteiger partial charge in [-0.05, 0) is 30.9 Å². The number of fused-ring (bicyclic) bond motifs is 1. The average molecular weight is 318 g/mol. The van der Waals surface area contributed by atoms with Gasteiger partial charge in [0.2, 0.25) is 5.91 Å². The Hall–Kier alpha value is -2.04. The molecule has 0 aromatic heterocycles. The number of carboxylic acids is 1. The Kier molecular flexibility index (Phi) is 6.91. The highest BCUT2D eigenvalue weighted by Crippen LogP contribution is 2.26. The molecular formula is C18H26N2O3. The Morgan fingerprint density at radius 3 is 2.65 bits per heavy atom. The number of para-hydroxylation sites is 1. The molecule has 1 aliphatic heterocycles. The molecule has 2 rings (SSSR count). The lowest BCUT2D eigenvalue weighted by Crippen LogP contribution is -2.36. The molecule has 1 heterocycles. The quantitative estimate of drug-likeness (QED) is 0.651. The molecule has 1 aromatic carbocycles. The molecule has 0 bridgehead atoms. The van der Waals surface area contributed by atoms with Gasteiger partial charge in [-0.15, -0.1) is 0 Å². The van der Waals surface area contributed by atoms with Crippen LogP contribution in [0.3, 0.4) is 0 Å².